The minimum atomic E-state index is -0.167. The summed E-state index contributed by atoms with van der Waals surface area (Å²) in [4.78, 5) is 0. The Morgan fingerprint density at radius 1 is 1.33 bits per heavy atom. The van der Waals surface area contributed by atoms with Gasteiger partial charge in [-0.15, -0.1) is 12.4 Å². The zero-order valence-corrected chi connectivity index (χ0v) is 7.92. The predicted molar refractivity (Wildman–Crippen MR) is 24.6 cm³/mol. The first kappa shape index (κ1) is 15.8. The molecular weight excluding hydrogens is 153 g/mol. The van der Waals surface area contributed by atoms with E-state index in [0.717, 1.165) is 0 Å². The van der Waals surface area contributed by atoms with Crippen LogP contribution in [0.3, 0.4) is 0 Å². The SMILES string of the molecule is CC(C)O.Cl.[Zn]. The fourth-order valence-corrected chi connectivity index (χ4v) is 0. The molecule has 0 aliphatic rings. The standard InChI is InChI=1S/C3H8O.ClH.Zn/c1-3(2)4;;/h3-4H,1-2H3;1H;. The molecule has 0 aromatic heterocycles. The Kier molecular flexibility index (Phi) is 24.5. The van der Waals surface area contributed by atoms with Crippen molar-refractivity contribution in [2.24, 2.45) is 0 Å². The van der Waals surface area contributed by atoms with Gasteiger partial charge in [0.1, 0.15) is 0 Å². The van der Waals surface area contributed by atoms with E-state index in [4.69, 9.17) is 5.11 Å². The largest absolute Gasteiger partial charge is 0.394 e. The van der Waals surface area contributed by atoms with E-state index in [1.807, 2.05) is 0 Å². The third kappa shape index (κ3) is 95.9. The van der Waals surface area contributed by atoms with Crippen LogP contribution in [0.25, 0.3) is 0 Å². The molecule has 0 unspecified atom stereocenters. The van der Waals surface area contributed by atoms with Gasteiger partial charge in [-0.05, 0) is 13.8 Å². The molecule has 3 heteroatoms. The molecule has 0 aliphatic heterocycles. The Morgan fingerprint density at radius 3 is 1.33 bits per heavy atom. The van der Waals surface area contributed by atoms with Crippen molar-refractivity contribution in [2.75, 3.05) is 0 Å². The van der Waals surface area contributed by atoms with Crippen molar-refractivity contribution in [1.29, 1.82) is 0 Å². The molecule has 1 nitrogen and oxygen atoms in total. The van der Waals surface area contributed by atoms with Crippen molar-refractivity contribution >= 4 is 12.4 Å². The van der Waals surface area contributed by atoms with Gasteiger partial charge in [0.2, 0.25) is 0 Å². The quantitative estimate of drug-likeness (QED) is 0.522. The van der Waals surface area contributed by atoms with Crippen LogP contribution >= 0.6 is 12.4 Å². The zero-order valence-electron chi connectivity index (χ0n) is 4.14. The summed E-state index contributed by atoms with van der Waals surface area (Å²) in [6.07, 6.45) is -0.167. The Balaban J connectivity index is -0.0000000450. The van der Waals surface area contributed by atoms with Crippen LogP contribution in [0.1, 0.15) is 13.8 Å². The van der Waals surface area contributed by atoms with Gasteiger partial charge in [0, 0.05) is 25.6 Å². The van der Waals surface area contributed by atoms with Crippen molar-refractivity contribution in [2.45, 2.75) is 20.0 Å². The van der Waals surface area contributed by atoms with E-state index in [9.17, 15) is 0 Å². The molecule has 0 amide bonds. The number of hydrogen-bond donors (Lipinski definition) is 1. The number of aliphatic hydroxyl groups is 1. The molecule has 0 aromatic rings. The van der Waals surface area contributed by atoms with E-state index < -0.39 is 0 Å². The van der Waals surface area contributed by atoms with Crippen LogP contribution < -0.4 is 0 Å². The van der Waals surface area contributed by atoms with Gasteiger partial charge < -0.3 is 5.11 Å². The van der Waals surface area contributed by atoms with E-state index in [-0.39, 0.29) is 38.0 Å². The van der Waals surface area contributed by atoms with Crippen molar-refractivity contribution in [1.82, 2.24) is 0 Å². The average molecular weight is 162 g/mol. The summed E-state index contributed by atoms with van der Waals surface area (Å²) in [7, 11) is 0. The minimum Gasteiger partial charge on any atom is -0.394 e. The fraction of sp³-hybridized carbons (Fsp3) is 1.00. The average Bonchev–Trinajstić information content (AvgIpc) is 0.811. The topological polar surface area (TPSA) is 20.2 Å². The molecule has 0 rings (SSSR count). The smallest absolute Gasteiger partial charge is 0.0483 e. The van der Waals surface area contributed by atoms with Crippen molar-refractivity contribution < 1.29 is 24.6 Å². The van der Waals surface area contributed by atoms with E-state index in [1.165, 1.54) is 0 Å². The van der Waals surface area contributed by atoms with Gasteiger partial charge in [0.15, 0.2) is 0 Å². The van der Waals surface area contributed by atoms with Gasteiger partial charge in [0.05, 0.1) is 0 Å². The van der Waals surface area contributed by atoms with Crippen LogP contribution in [-0.2, 0) is 19.5 Å². The molecule has 0 saturated heterocycles. The molecule has 6 heavy (non-hydrogen) atoms. The fourth-order valence-electron chi connectivity index (χ4n) is 0. The summed E-state index contributed by atoms with van der Waals surface area (Å²) in [5, 5.41) is 8.06. The van der Waals surface area contributed by atoms with Crippen molar-refractivity contribution in [3.8, 4) is 0 Å². The van der Waals surface area contributed by atoms with Gasteiger partial charge in [-0.3, -0.25) is 0 Å². The first-order chi connectivity index (χ1) is 1.73. The molecule has 0 spiro atoms. The van der Waals surface area contributed by atoms with E-state index >= 15 is 0 Å². The first-order valence-corrected chi connectivity index (χ1v) is 1.41. The normalized spacial score (nSPS) is 6.00. The number of aliphatic hydroxyl groups excluding tert-OH is 1. The number of halogens is 1. The zero-order chi connectivity index (χ0) is 3.58. The first-order valence-electron chi connectivity index (χ1n) is 1.41. The second-order valence-electron chi connectivity index (χ2n) is 1.09. The Labute approximate surface area is 57.3 Å². The Hall–Kier alpha value is 0.873. The molecule has 0 heterocycles. The van der Waals surface area contributed by atoms with Gasteiger partial charge in [-0.25, -0.2) is 0 Å². The third-order valence-corrected chi connectivity index (χ3v) is 0. The number of hydrogen-bond acceptors (Lipinski definition) is 1. The monoisotopic (exact) mass is 160 g/mol. The maximum absolute atomic E-state index is 8.06. The van der Waals surface area contributed by atoms with Crippen LogP contribution in [-0.4, -0.2) is 11.2 Å². The van der Waals surface area contributed by atoms with E-state index in [2.05, 4.69) is 0 Å². The van der Waals surface area contributed by atoms with Crippen LogP contribution in [0.5, 0.6) is 0 Å². The van der Waals surface area contributed by atoms with E-state index in [1.54, 1.807) is 13.8 Å². The van der Waals surface area contributed by atoms with Gasteiger partial charge in [0.25, 0.3) is 0 Å². The van der Waals surface area contributed by atoms with Gasteiger partial charge in [-0.2, -0.15) is 0 Å². The molecule has 0 atom stereocenters. The maximum atomic E-state index is 8.06. The summed E-state index contributed by atoms with van der Waals surface area (Å²) < 4.78 is 0. The maximum Gasteiger partial charge on any atom is 0.0483 e. The predicted octanol–water partition coefficient (Wildman–Crippen LogP) is 0.806. The third-order valence-electron chi connectivity index (χ3n) is 0. The molecule has 36 valence electrons. The molecular formula is C3H9ClOZn. The molecule has 0 aromatic carbocycles. The summed E-state index contributed by atoms with van der Waals surface area (Å²) >= 11 is 0. The summed E-state index contributed by atoms with van der Waals surface area (Å²) in [5.41, 5.74) is 0. The van der Waals surface area contributed by atoms with Gasteiger partial charge >= 0.3 is 0 Å². The Bertz CT molecular complexity index is 15.5. The van der Waals surface area contributed by atoms with E-state index in [0.29, 0.717) is 0 Å². The second kappa shape index (κ2) is 9.30. The molecule has 0 bridgehead atoms. The summed E-state index contributed by atoms with van der Waals surface area (Å²) in [6, 6.07) is 0. The van der Waals surface area contributed by atoms with Crippen LogP contribution in [0.4, 0.5) is 0 Å². The summed E-state index contributed by atoms with van der Waals surface area (Å²) in [6.45, 7) is 3.44. The Morgan fingerprint density at radius 2 is 1.33 bits per heavy atom. The van der Waals surface area contributed by atoms with Crippen molar-refractivity contribution in [3.05, 3.63) is 0 Å². The van der Waals surface area contributed by atoms with Crippen molar-refractivity contribution in [3.63, 3.8) is 0 Å². The minimum absolute atomic E-state index is 0. The molecule has 0 saturated carbocycles. The van der Waals surface area contributed by atoms with Crippen LogP contribution in [0.2, 0.25) is 0 Å². The second-order valence-corrected chi connectivity index (χ2v) is 1.09. The molecule has 0 radical (unpaired) electrons. The van der Waals surface area contributed by atoms with Gasteiger partial charge in [-0.1, -0.05) is 0 Å². The number of rotatable bonds is 0. The molecule has 1 N–H and O–H groups in total. The molecule has 0 aliphatic carbocycles. The van der Waals surface area contributed by atoms with Crippen LogP contribution in [0, 0.1) is 0 Å². The summed E-state index contributed by atoms with van der Waals surface area (Å²) in [5.74, 6) is 0. The molecule has 0 fully saturated rings. The van der Waals surface area contributed by atoms with Crippen LogP contribution in [0.15, 0.2) is 0 Å².